The molecule has 2 heterocycles. The van der Waals surface area contributed by atoms with Crippen molar-refractivity contribution in [2.45, 2.75) is 6.42 Å². The summed E-state index contributed by atoms with van der Waals surface area (Å²) in [6.07, 6.45) is 0.580. The lowest BCUT2D eigenvalue weighted by molar-refractivity contribution is 0.0980. The largest absolute Gasteiger partial charge is 0.467 e. The summed E-state index contributed by atoms with van der Waals surface area (Å²) < 4.78 is 4.98. The highest BCUT2D eigenvalue weighted by molar-refractivity contribution is 6.31. The smallest absolute Gasteiger partial charge is 0.318 e. The Morgan fingerprint density at radius 2 is 2.19 bits per heavy atom. The number of nitrogens with two attached hydrogens (primary N) is 1. The molecule has 3 rings (SSSR count). The molecule has 0 saturated heterocycles. The van der Waals surface area contributed by atoms with Gasteiger partial charge in [-0.1, -0.05) is 17.7 Å². The predicted molar refractivity (Wildman–Crippen MR) is 79.8 cm³/mol. The fraction of sp³-hybridized carbons (Fsp3) is 0.214. The molecule has 0 fully saturated rings. The minimum absolute atomic E-state index is 0.133. The van der Waals surface area contributed by atoms with E-state index in [1.165, 1.54) is 7.11 Å². The molecule has 1 amide bonds. The van der Waals surface area contributed by atoms with Crippen LogP contribution in [0.1, 0.15) is 16.1 Å². The number of nitrogens with zero attached hydrogens (tertiary/aromatic N) is 3. The van der Waals surface area contributed by atoms with Crippen LogP contribution < -0.4 is 15.4 Å². The third kappa shape index (κ3) is 2.38. The van der Waals surface area contributed by atoms with Gasteiger partial charge in [0.2, 0.25) is 0 Å². The molecule has 0 radical (unpaired) electrons. The standard InChI is InChI=1S/C14H13ClN4O2/c1-21-14-17-10-5-6-19(9-4-2-3-8(15)7-9)13(20)11(10)12(16)18-14/h2-4,7H,5-6H2,1H3,(H2,16,17,18). The molecule has 0 unspecified atom stereocenters. The van der Waals surface area contributed by atoms with Crippen LogP contribution in [0.25, 0.3) is 0 Å². The van der Waals surface area contributed by atoms with Gasteiger partial charge in [0.25, 0.3) is 5.91 Å². The Bertz CT molecular complexity index is 720. The number of nitrogen functional groups attached to an aromatic ring is 1. The monoisotopic (exact) mass is 304 g/mol. The Hall–Kier alpha value is -2.34. The van der Waals surface area contributed by atoms with Crippen LogP contribution in [-0.2, 0) is 6.42 Å². The zero-order chi connectivity index (χ0) is 15.0. The summed E-state index contributed by atoms with van der Waals surface area (Å²) in [7, 11) is 1.46. The average Bonchev–Trinajstić information content (AvgIpc) is 2.47. The van der Waals surface area contributed by atoms with Gasteiger partial charge in [0.1, 0.15) is 11.4 Å². The SMILES string of the molecule is COc1nc(N)c2c(n1)CCN(c1cccc(Cl)c1)C2=O. The van der Waals surface area contributed by atoms with Crippen molar-refractivity contribution < 1.29 is 9.53 Å². The first-order valence-electron chi connectivity index (χ1n) is 6.38. The molecule has 0 saturated carbocycles. The second kappa shape index (κ2) is 5.21. The van der Waals surface area contributed by atoms with Crippen LogP contribution >= 0.6 is 11.6 Å². The summed E-state index contributed by atoms with van der Waals surface area (Å²) in [5.74, 6) is -0.0905. The van der Waals surface area contributed by atoms with Gasteiger partial charge in [0.05, 0.1) is 12.8 Å². The summed E-state index contributed by atoms with van der Waals surface area (Å²) in [6.45, 7) is 0.506. The number of hydrogen-bond acceptors (Lipinski definition) is 5. The Labute approximate surface area is 126 Å². The van der Waals surface area contributed by atoms with Gasteiger partial charge in [0.15, 0.2) is 0 Å². The van der Waals surface area contributed by atoms with Crippen LogP contribution in [0.15, 0.2) is 24.3 Å². The number of amides is 1. The fourth-order valence-corrected chi connectivity index (χ4v) is 2.54. The molecule has 1 aromatic carbocycles. The third-order valence-electron chi connectivity index (χ3n) is 3.33. The molecule has 0 spiro atoms. The first-order valence-corrected chi connectivity index (χ1v) is 6.75. The number of fused-ring (bicyclic) bond motifs is 1. The first-order chi connectivity index (χ1) is 10.1. The van der Waals surface area contributed by atoms with Crippen LogP contribution in [0, 0.1) is 0 Å². The minimum atomic E-state index is -0.223. The summed E-state index contributed by atoms with van der Waals surface area (Å²) in [6, 6.07) is 7.31. The van der Waals surface area contributed by atoms with E-state index in [1.807, 2.05) is 6.07 Å². The highest BCUT2D eigenvalue weighted by Crippen LogP contribution is 2.28. The number of aromatic nitrogens is 2. The van der Waals surface area contributed by atoms with Crippen molar-refractivity contribution in [3.63, 3.8) is 0 Å². The van der Waals surface area contributed by atoms with Crippen LogP contribution in [0.5, 0.6) is 6.01 Å². The second-order valence-corrected chi connectivity index (χ2v) is 5.04. The Morgan fingerprint density at radius 1 is 1.38 bits per heavy atom. The molecular formula is C14H13ClN4O2. The van der Waals surface area contributed by atoms with E-state index in [4.69, 9.17) is 22.1 Å². The average molecular weight is 305 g/mol. The molecule has 21 heavy (non-hydrogen) atoms. The van der Waals surface area contributed by atoms with E-state index in [9.17, 15) is 4.79 Å². The van der Waals surface area contributed by atoms with E-state index < -0.39 is 0 Å². The zero-order valence-corrected chi connectivity index (χ0v) is 12.1. The highest BCUT2D eigenvalue weighted by atomic mass is 35.5. The van der Waals surface area contributed by atoms with E-state index in [-0.39, 0.29) is 17.7 Å². The van der Waals surface area contributed by atoms with Crippen LogP contribution in [0.2, 0.25) is 5.02 Å². The normalized spacial score (nSPS) is 14.0. The van der Waals surface area contributed by atoms with Gasteiger partial charge in [-0.2, -0.15) is 9.97 Å². The number of carbonyl (C=O) groups excluding carboxylic acids is 1. The van der Waals surface area contributed by atoms with E-state index in [1.54, 1.807) is 23.1 Å². The number of benzene rings is 1. The van der Waals surface area contributed by atoms with E-state index in [2.05, 4.69) is 9.97 Å². The van der Waals surface area contributed by atoms with E-state index in [0.29, 0.717) is 29.2 Å². The maximum absolute atomic E-state index is 12.6. The molecule has 2 N–H and O–H groups in total. The van der Waals surface area contributed by atoms with Gasteiger partial charge in [0, 0.05) is 23.7 Å². The van der Waals surface area contributed by atoms with Gasteiger partial charge in [-0.3, -0.25) is 4.79 Å². The van der Waals surface area contributed by atoms with Crippen molar-refractivity contribution in [1.82, 2.24) is 9.97 Å². The quantitative estimate of drug-likeness (QED) is 0.916. The summed E-state index contributed by atoms with van der Waals surface area (Å²) >= 11 is 5.98. The number of carbonyl (C=O) groups is 1. The van der Waals surface area contributed by atoms with Crippen molar-refractivity contribution in [3.05, 3.63) is 40.5 Å². The van der Waals surface area contributed by atoms with Crippen molar-refractivity contribution in [2.75, 3.05) is 24.3 Å². The second-order valence-electron chi connectivity index (χ2n) is 4.60. The molecule has 7 heteroatoms. The maximum Gasteiger partial charge on any atom is 0.318 e. The lowest BCUT2D eigenvalue weighted by Crippen LogP contribution is -2.39. The van der Waals surface area contributed by atoms with Crippen molar-refractivity contribution >= 4 is 29.0 Å². The molecule has 1 aromatic heterocycles. The predicted octanol–water partition coefficient (Wildman–Crippen LogP) is 1.92. The summed E-state index contributed by atoms with van der Waals surface area (Å²) in [5.41, 5.74) is 7.55. The van der Waals surface area contributed by atoms with Gasteiger partial charge >= 0.3 is 6.01 Å². The number of halogens is 1. The fourth-order valence-electron chi connectivity index (χ4n) is 2.35. The molecule has 0 atom stereocenters. The molecule has 1 aliphatic heterocycles. The molecule has 1 aliphatic rings. The molecule has 2 aromatic rings. The Morgan fingerprint density at radius 3 is 2.90 bits per heavy atom. The molecule has 108 valence electrons. The minimum Gasteiger partial charge on any atom is -0.467 e. The van der Waals surface area contributed by atoms with Crippen molar-refractivity contribution in [1.29, 1.82) is 0 Å². The Kier molecular flexibility index (Phi) is 3.39. The van der Waals surface area contributed by atoms with Crippen LogP contribution in [-0.4, -0.2) is 29.5 Å². The lowest BCUT2D eigenvalue weighted by atomic mass is 10.0. The zero-order valence-electron chi connectivity index (χ0n) is 11.3. The number of rotatable bonds is 2. The van der Waals surface area contributed by atoms with Crippen LogP contribution in [0.4, 0.5) is 11.5 Å². The summed E-state index contributed by atoms with van der Waals surface area (Å²) in [4.78, 5) is 22.4. The van der Waals surface area contributed by atoms with Gasteiger partial charge < -0.3 is 15.4 Å². The molecule has 0 bridgehead atoms. The van der Waals surface area contributed by atoms with Gasteiger partial charge in [-0.05, 0) is 18.2 Å². The number of methoxy groups -OCH3 is 1. The van der Waals surface area contributed by atoms with Gasteiger partial charge in [-0.15, -0.1) is 0 Å². The first kappa shape index (κ1) is 13.6. The van der Waals surface area contributed by atoms with E-state index >= 15 is 0 Å². The number of hydrogen-bond donors (Lipinski definition) is 1. The summed E-state index contributed by atoms with van der Waals surface area (Å²) in [5, 5.41) is 0.574. The topological polar surface area (TPSA) is 81.3 Å². The van der Waals surface area contributed by atoms with E-state index in [0.717, 1.165) is 5.69 Å². The maximum atomic E-state index is 12.6. The van der Waals surface area contributed by atoms with Crippen LogP contribution in [0.3, 0.4) is 0 Å². The number of anilines is 2. The number of ether oxygens (including phenoxy) is 1. The van der Waals surface area contributed by atoms with Gasteiger partial charge in [-0.25, -0.2) is 0 Å². The van der Waals surface area contributed by atoms with Crippen molar-refractivity contribution in [3.8, 4) is 6.01 Å². The molecule has 0 aliphatic carbocycles. The van der Waals surface area contributed by atoms with Crippen molar-refractivity contribution in [2.24, 2.45) is 0 Å². The highest BCUT2D eigenvalue weighted by Gasteiger charge is 2.30. The molecular weight excluding hydrogens is 292 g/mol. The lowest BCUT2D eigenvalue weighted by Gasteiger charge is -2.28. The Balaban J connectivity index is 2.03. The molecule has 6 nitrogen and oxygen atoms in total. The third-order valence-corrected chi connectivity index (χ3v) is 3.56.